The molecule has 1 aromatic carbocycles. The van der Waals surface area contributed by atoms with Gasteiger partial charge in [0, 0.05) is 24.1 Å². The summed E-state index contributed by atoms with van der Waals surface area (Å²) < 4.78 is 75.8. The molecular formula is C39H52N10O13P2Si. The van der Waals surface area contributed by atoms with E-state index in [0.717, 1.165) is 0 Å². The molecule has 3 aliphatic heterocycles. The molecule has 4 N–H and O–H groups in total. The molecule has 23 nitrogen and oxygen atoms in total. The van der Waals surface area contributed by atoms with Crippen molar-refractivity contribution < 1.29 is 55.6 Å². The highest BCUT2D eigenvalue weighted by Crippen LogP contribution is 2.56. The minimum atomic E-state index is -5.05. The average molecular weight is 959 g/mol. The van der Waals surface area contributed by atoms with Gasteiger partial charge in [0.05, 0.1) is 32.0 Å². The van der Waals surface area contributed by atoms with Crippen molar-refractivity contribution in [3.63, 3.8) is 0 Å². The SMILES string of the molecule is CC(C)C(=O)Nc1nc2c(ncn2[C@@H]2O[C@@H]3COP(=O)(O)OC4[C@@H](O[Si](C)(C)C(C)(C)C)[C@@H](COP(C)(=O)O[C@H]2C3C)O[C@H]4n2cnc3c(NC(=O)c4ccccc4)ncnc32)c(=O)[nH]1. The number of amides is 2. The Balaban J connectivity index is 1.15. The smallest absolute Gasteiger partial charge is 0.408 e. The first-order chi connectivity index (χ1) is 30.5. The second-order valence-corrected chi connectivity index (χ2v) is 26.2. The number of benzene rings is 1. The Morgan fingerprint density at radius 2 is 1.55 bits per heavy atom. The Hall–Kier alpha value is -4.58. The number of imidazole rings is 2. The molecule has 2 amide bonds. The molecule has 3 aliphatic rings. The van der Waals surface area contributed by atoms with Crippen molar-refractivity contribution in [2.24, 2.45) is 11.8 Å². The molecule has 4 aromatic heterocycles. The molecule has 4 bridgehead atoms. The second-order valence-electron chi connectivity index (χ2n) is 18.1. The van der Waals surface area contributed by atoms with Gasteiger partial charge in [-0.25, -0.2) is 24.5 Å². The Morgan fingerprint density at radius 1 is 0.908 bits per heavy atom. The summed E-state index contributed by atoms with van der Waals surface area (Å²) in [6.45, 7) is 15.4. The van der Waals surface area contributed by atoms with E-state index in [2.05, 4.69) is 40.5 Å². The van der Waals surface area contributed by atoms with Crippen LogP contribution in [0.1, 0.15) is 64.4 Å². The molecule has 26 heteroatoms. The molecule has 7 heterocycles. The molecule has 8 rings (SSSR count). The Kier molecular flexibility index (Phi) is 12.7. The van der Waals surface area contributed by atoms with E-state index in [1.807, 2.05) is 33.9 Å². The van der Waals surface area contributed by atoms with Crippen molar-refractivity contribution in [1.29, 1.82) is 0 Å². The van der Waals surface area contributed by atoms with Crippen molar-refractivity contribution in [3.05, 3.63) is 65.2 Å². The van der Waals surface area contributed by atoms with Gasteiger partial charge in [-0.05, 0) is 30.3 Å². The number of phosphoric acid groups is 1. The Bertz CT molecular complexity index is 2760. The van der Waals surface area contributed by atoms with E-state index in [9.17, 15) is 28.4 Å². The van der Waals surface area contributed by atoms with Gasteiger partial charge < -0.3 is 33.2 Å². The van der Waals surface area contributed by atoms with E-state index in [4.69, 9.17) is 32.0 Å². The van der Waals surface area contributed by atoms with Crippen LogP contribution in [0.25, 0.3) is 22.3 Å². The normalized spacial score (nSPS) is 30.1. The minimum absolute atomic E-state index is 0.00599. The van der Waals surface area contributed by atoms with Crippen molar-refractivity contribution in [2.75, 3.05) is 30.5 Å². The molecule has 5 aromatic rings. The van der Waals surface area contributed by atoms with Gasteiger partial charge in [-0.3, -0.25) is 47.4 Å². The molecule has 350 valence electrons. The maximum absolute atomic E-state index is 14.5. The fourth-order valence-electron chi connectivity index (χ4n) is 7.40. The highest BCUT2D eigenvalue weighted by Gasteiger charge is 2.56. The number of nitrogens with zero attached hydrogens (tertiary/aromatic N) is 7. The third-order valence-electron chi connectivity index (χ3n) is 12.0. The van der Waals surface area contributed by atoms with Gasteiger partial charge in [-0.2, -0.15) is 4.98 Å². The third-order valence-corrected chi connectivity index (χ3v) is 18.7. The first-order valence-electron chi connectivity index (χ1n) is 20.9. The van der Waals surface area contributed by atoms with Crippen LogP contribution in [0.4, 0.5) is 11.8 Å². The molecule has 10 atom stereocenters. The fraction of sp³-hybridized carbons (Fsp3) is 0.538. The second kappa shape index (κ2) is 17.6. The molecule has 3 saturated heterocycles. The van der Waals surface area contributed by atoms with E-state index in [-0.39, 0.29) is 39.1 Å². The van der Waals surface area contributed by atoms with E-state index in [1.54, 1.807) is 51.1 Å². The van der Waals surface area contributed by atoms with Crippen LogP contribution in [0, 0.1) is 11.8 Å². The zero-order valence-corrected chi connectivity index (χ0v) is 39.9. The molecule has 3 fully saturated rings. The number of ether oxygens (including phenoxy) is 2. The quantitative estimate of drug-likeness (QED) is 0.112. The zero-order valence-electron chi connectivity index (χ0n) is 37.1. The van der Waals surface area contributed by atoms with Gasteiger partial charge in [0.15, 0.2) is 48.9 Å². The van der Waals surface area contributed by atoms with Crippen LogP contribution < -0.4 is 16.2 Å². The van der Waals surface area contributed by atoms with E-state index >= 15 is 0 Å². The van der Waals surface area contributed by atoms with Gasteiger partial charge in [0.2, 0.25) is 11.9 Å². The molecule has 0 spiro atoms. The van der Waals surface area contributed by atoms with Gasteiger partial charge in [-0.15, -0.1) is 0 Å². The van der Waals surface area contributed by atoms with Crippen LogP contribution in [0.3, 0.4) is 0 Å². The summed E-state index contributed by atoms with van der Waals surface area (Å²) in [6, 6.07) is 8.53. The van der Waals surface area contributed by atoms with Crippen LogP contribution in [0.5, 0.6) is 0 Å². The van der Waals surface area contributed by atoms with Crippen LogP contribution in [-0.2, 0) is 45.9 Å². The molecule has 0 aliphatic carbocycles. The summed E-state index contributed by atoms with van der Waals surface area (Å²) in [7, 11) is -11.9. The predicted molar refractivity (Wildman–Crippen MR) is 235 cm³/mol. The summed E-state index contributed by atoms with van der Waals surface area (Å²) in [6.07, 6.45) is -4.33. The number of rotatable bonds is 8. The minimum Gasteiger partial charge on any atom is -0.408 e. The van der Waals surface area contributed by atoms with Gasteiger partial charge in [0.1, 0.15) is 30.7 Å². The lowest BCUT2D eigenvalue weighted by Crippen LogP contribution is -2.50. The summed E-state index contributed by atoms with van der Waals surface area (Å²) >= 11 is 0. The number of aromatic nitrogens is 8. The number of carbonyl (C=O) groups excluding carboxylic acids is 2. The number of hydrogen-bond donors (Lipinski definition) is 4. The maximum Gasteiger partial charge on any atom is 0.472 e. The number of phosphoric ester groups is 1. The maximum atomic E-state index is 14.5. The lowest BCUT2D eigenvalue weighted by molar-refractivity contribution is -0.118. The lowest BCUT2D eigenvalue weighted by Gasteiger charge is -2.40. The third kappa shape index (κ3) is 9.52. The van der Waals surface area contributed by atoms with Crippen LogP contribution >= 0.6 is 15.4 Å². The van der Waals surface area contributed by atoms with Crippen molar-refractivity contribution in [1.82, 2.24) is 39.0 Å². The van der Waals surface area contributed by atoms with Crippen LogP contribution in [-0.4, -0.2) is 114 Å². The van der Waals surface area contributed by atoms with Crippen LogP contribution in [0.2, 0.25) is 18.1 Å². The number of carbonyl (C=O) groups is 2. The number of anilines is 2. The fourth-order valence-corrected chi connectivity index (χ4v) is 10.9. The van der Waals surface area contributed by atoms with Gasteiger partial charge >= 0.3 is 15.4 Å². The average Bonchev–Trinajstić information content (AvgIpc) is 4.00. The van der Waals surface area contributed by atoms with Crippen molar-refractivity contribution in [3.8, 4) is 0 Å². The Morgan fingerprint density at radius 3 is 2.25 bits per heavy atom. The van der Waals surface area contributed by atoms with E-state index < -0.39 is 109 Å². The zero-order chi connectivity index (χ0) is 46.8. The van der Waals surface area contributed by atoms with E-state index in [1.165, 1.54) is 34.8 Å². The summed E-state index contributed by atoms with van der Waals surface area (Å²) in [5.41, 5.74) is 0.0140. The number of H-pyrrole nitrogens is 1. The van der Waals surface area contributed by atoms with Crippen molar-refractivity contribution >= 4 is 69.6 Å². The highest BCUT2D eigenvalue weighted by atomic mass is 31.2. The molecule has 0 radical (unpaired) electrons. The largest absolute Gasteiger partial charge is 0.472 e. The molecular weight excluding hydrogens is 907 g/mol. The van der Waals surface area contributed by atoms with E-state index in [0.29, 0.717) is 5.56 Å². The summed E-state index contributed by atoms with van der Waals surface area (Å²) in [5, 5.41) is 4.97. The Labute approximate surface area is 373 Å². The highest BCUT2D eigenvalue weighted by molar-refractivity contribution is 7.53. The number of nitrogens with one attached hydrogen (secondary N) is 3. The molecule has 4 unspecified atom stereocenters. The lowest BCUT2D eigenvalue weighted by atomic mass is 10.0. The van der Waals surface area contributed by atoms with Crippen molar-refractivity contribution in [2.45, 2.75) is 103 Å². The topological polar surface area (TPSA) is 284 Å². The number of fused-ring (bicyclic) bond motifs is 6. The number of aromatic amines is 1. The standard InChI is InChI=1S/C39H52N10O13P2Si/c1-20(2)33(50)46-38-45-32-26(35(52)47-38)43-19-49(32)36-27-21(3)23(58-36)15-57-64(54,55)61-29-28(62-65(8,9)39(4,5)6)24(16-56-63(7,53)60-27)59-37(29)48-18-42-25-30(40-17-41-31(25)48)44-34(51)22-13-11-10-12-14-22/h10-14,17-21,23-24,27-29,36-37H,15-16H2,1-9H3,(H,54,55)(H,40,41,44,51)(H2,45,46,47,50,52)/t21?,23-,24-,27+,28+,29?,36-,37-,63?/m1/s1. The summed E-state index contributed by atoms with van der Waals surface area (Å²) in [4.78, 5) is 74.7. The van der Waals surface area contributed by atoms with Crippen LogP contribution in [0.15, 0.2) is 54.1 Å². The number of hydrogen-bond acceptors (Lipinski definition) is 17. The van der Waals surface area contributed by atoms with Gasteiger partial charge in [-0.1, -0.05) is 59.7 Å². The molecule has 65 heavy (non-hydrogen) atoms. The van der Waals surface area contributed by atoms with Gasteiger partial charge in [0.25, 0.3) is 11.5 Å². The first kappa shape index (κ1) is 46.9. The monoisotopic (exact) mass is 958 g/mol. The predicted octanol–water partition coefficient (Wildman–Crippen LogP) is 5.37. The summed E-state index contributed by atoms with van der Waals surface area (Å²) in [5.74, 6) is -1.99. The first-order valence-corrected chi connectivity index (χ1v) is 27.3. The molecule has 0 saturated carbocycles.